The molecule has 0 amide bonds. The number of hydrogen-bond donors (Lipinski definition) is 1. The molecule has 4 heteroatoms. The van der Waals surface area contributed by atoms with Crippen molar-refractivity contribution in [3.05, 3.63) is 23.8 Å². The first kappa shape index (κ1) is 15.1. The van der Waals surface area contributed by atoms with E-state index in [1.807, 2.05) is 18.2 Å². The fraction of sp³-hybridized carbons (Fsp3) is 0.625. The Hall–Kier alpha value is -1.26. The van der Waals surface area contributed by atoms with E-state index in [1.54, 1.807) is 14.2 Å². The second kappa shape index (κ2) is 6.46. The maximum atomic E-state index is 6.04. The minimum absolute atomic E-state index is 0.149. The molecule has 1 saturated carbocycles. The Bertz CT molecular complexity index is 446. The Balaban J connectivity index is 2.29. The Labute approximate surface area is 121 Å². The second-order valence-electron chi connectivity index (χ2n) is 5.60. The van der Waals surface area contributed by atoms with Gasteiger partial charge in [0.1, 0.15) is 11.5 Å². The molecule has 112 valence electrons. The molecule has 1 aromatic carbocycles. The zero-order chi connectivity index (χ0) is 14.7. The fourth-order valence-corrected chi connectivity index (χ4v) is 2.81. The number of benzene rings is 1. The van der Waals surface area contributed by atoms with E-state index in [9.17, 15) is 0 Å². The van der Waals surface area contributed by atoms with Crippen LogP contribution < -0.4 is 15.2 Å². The molecule has 2 rings (SSSR count). The lowest BCUT2D eigenvalue weighted by Gasteiger charge is -2.33. The Kier molecular flexibility index (Phi) is 4.89. The van der Waals surface area contributed by atoms with Gasteiger partial charge >= 0.3 is 0 Å². The molecule has 2 N–H and O–H groups in total. The summed E-state index contributed by atoms with van der Waals surface area (Å²) in [5.41, 5.74) is 7.14. The largest absolute Gasteiger partial charge is 0.497 e. The van der Waals surface area contributed by atoms with E-state index in [2.05, 4.69) is 18.9 Å². The van der Waals surface area contributed by atoms with E-state index in [-0.39, 0.29) is 6.04 Å². The highest BCUT2D eigenvalue weighted by Gasteiger charge is 2.34. The van der Waals surface area contributed by atoms with Gasteiger partial charge in [-0.3, -0.25) is 4.90 Å². The SMILES string of the molecule is COc1ccc(OC)c(C(CN)N(C)C(C)C2CC2)c1. The summed E-state index contributed by atoms with van der Waals surface area (Å²) in [6.07, 6.45) is 2.66. The Morgan fingerprint density at radius 1 is 1.30 bits per heavy atom. The number of ether oxygens (including phenoxy) is 2. The molecule has 2 atom stereocenters. The van der Waals surface area contributed by atoms with Crippen LogP contribution in [0.25, 0.3) is 0 Å². The summed E-state index contributed by atoms with van der Waals surface area (Å²) in [6, 6.07) is 6.59. The number of methoxy groups -OCH3 is 2. The average Bonchev–Trinajstić information content (AvgIpc) is 3.31. The molecular formula is C16H26N2O2. The third kappa shape index (κ3) is 3.07. The van der Waals surface area contributed by atoms with Crippen molar-refractivity contribution in [2.45, 2.75) is 31.8 Å². The normalized spacial score (nSPS) is 17.9. The highest BCUT2D eigenvalue weighted by atomic mass is 16.5. The molecular weight excluding hydrogens is 252 g/mol. The van der Waals surface area contributed by atoms with Crippen LogP contribution in [-0.4, -0.2) is 38.8 Å². The first-order valence-electron chi connectivity index (χ1n) is 7.26. The van der Waals surface area contributed by atoms with Crippen LogP contribution in [0.15, 0.2) is 18.2 Å². The van der Waals surface area contributed by atoms with Gasteiger partial charge in [-0.1, -0.05) is 0 Å². The summed E-state index contributed by atoms with van der Waals surface area (Å²) < 4.78 is 10.8. The molecule has 0 aromatic heterocycles. The van der Waals surface area contributed by atoms with E-state index in [1.165, 1.54) is 12.8 Å². The van der Waals surface area contributed by atoms with E-state index < -0.39 is 0 Å². The van der Waals surface area contributed by atoms with Crippen LogP contribution in [0.5, 0.6) is 11.5 Å². The Morgan fingerprint density at radius 2 is 2.00 bits per heavy atom. The maximum absolute atomic E-state index is 6.04. The van der Waals surface area contributed by atoms with Gasteiger partial charge in [-0.15, -0.1) is 0 Å². The lowest BCUT2D eigenvalue weighted by molar-refractivity contribution is 0.168. The maximum Gasteiger partial charge on any atom is 0.123 e. The highest BCUT2D eigenvalue weighted by molar-refractivity contribution is 5.42. The van der Waals surface area contributed by atoms with Crippen LogP contribution in [0.4, 0.5) is 0 Å². The van der Waals surface area contributed by atoms with Gasteiger partial charge in [-0.25, -0.2) is 0 Å². The van der Waals surface area contributed by atoms with Gasteiger partial charge in [-0.05, 0) is 50.9 Å². The van der Waals surface area contributed by atoms with Crippen LogP contribution in [0, 0.1) is 5.92 Å². The molecule has 0 heterocycles. The van der Waals surface area contributed by atoms with Gasteiger partial charge in [0, 0.05) is 18.2 Å². The summed E-state index contributed by atoms with van der Waals surface area (Å²) in [5, 5.41) is 0. The molecule has 0 radical (unpaired) electrons. The summed E-state index contributed by atoms with van der Waals surface area (Å²) in [5.74, 6) is 2.52. The average molecular weight is 278 g/mol. The van der Waals surface area contributed by atoms with Gasteiger partial charge in [-0.2, -0.15) is 0 Å². The topological polar surface area (TPSA) is 47.7 Å². The predicted molar refractivity (Wildman–Crippen MR) is 81.3 cm³/mol. The monoisotopic (exact) mass is 278 g/mol. The molecule has 0 spiro atoms. The van der Waals surface area contributed by atoms with Crippen molar-refractivity contribution in [2.24, 2.45) is 11.7 Å². The van der Waals surface area contributed by atoms with Crippen molar-refractivity contribution < 1.29 is 9.47 Å². The van der Waals surface area contributed by atoms with Gasteiger partial charge < -0.3 is 15.2 Å². The van der Waals surface area contributed by atoms with Crippen molar-refractivity contribution in [1.82, 2.24) is 4.90 Å². The molecule has 0 bridgehead atoms. The minimum atomic E-state index is 0.149. The van der Waals surface area contributed by atoms with Crippen LogP contribution in [0.2, 0.25) is 0 Å². The highest BCUT2D eigenvalue weighted by Crippen LogP contribution is 2.39. The van der Waals surface area contributed by atoms with Crippen LogP contribution in [-0.2, 0) is 0 Å². The lowest BCUT2D eigenvalue weighted by Crippen LogP contribution is -2.38. The minimum Gasteiger partial charge on any atom is -0.497 e. The van der Waals surface area contributed by atoms with Crippen molar-refractivity contribution in [3.63, 3.8) is 0 Å². The predicted octanol–water partition coefficient (Wildman–Crippen LogP) is 2.43. The standard InChI is InChI=1S/C16H26N2O2/c1-11(12-5-6-12)18(2)15(10-17)14-9-13(19-3)7-8-16(14)20-4/h7-9,11-12,15H,5-6,10,17H2,1-4H3. The quantitative estimate of drug-likeness (QED) is 0.832. The van der Waals surface area contributed by atoms with Crippen LogP contribution >= 0.6 is 0 Å². The molecule has 2 unspecified atom stereocenters. The van der Waals surface area contributed by atoms with Gasteiger partial charge in [0.05, 0.1) is 20.3 Å². The molecule has 20 heavy (non-hydrogen) atoms. The van der Waals surface area contributed by atoms with Crippen molar-refractivity contribution in [1.29, 1.82) is 0 Å². The number of rotatable bonds is 7. The van der Waals surface area contributed by atoms with E-state index >= 15 is 0 Å². The lowest BCUT2D eigenvalue weighted by atomic mass is 10.0. The van der Waals surface area contributed by atoms with Gasteiger partial charge in [0.15, 0.2) is 0 Å². The molecule has 1 fully saturated rings. The summed E-state index contributed by atoms with van der Waals surface area (Å²) >= 11 is 0. The van der Waals surface area contributed by atoms with Crippen molar-refractivity contribution in [3.8, 4) is 11.5 Å². The second-order valence-corrected chi connectivity index (χ2v) is 5.60. The van der Waals surface area contributed by atoms with E-state index in [0.717, 1.165) is 23.0 Å². The van der Waals surface area contributed by atoms with Crippen LogP contribution in [0.1, 0.15) is 31.4 Å². The fourth-order valence-electron chi connectivity index (χ4n) is 2.81. The molecule has 1 aromatic rings. The third-order valence-corrected chi connectivity index (χ3v) is 4.46. The van der Waals surface area contributed by atoms with Crippen molar-refractivity contribution in [2.75, 3.05) is 27.8 Å². The van der Waals surface area contributed by atoms with Crippen molar-refractivity contribution >= 4 is 0 Å². The van der Waals surface area contributed by atoms with Gasteiger partial charge in [0.2, 0.25) is 0 Å². The molecule has 1 aliphatic rings. The van der Waals surface area contributed by atoms with E-state index in [0.29, 0.717) is 12.6 Å². The number of likely N-dealkylation sites (N-methyl/N-ethyl adjacent to an activating group) is 1. The molecule has 0 aliphatic heterocycles. The number of nitrogens with two attached hydrogens (primary N) is 1. The smallest absolute Gasteiger partial charge is 0.123 e. The summed E-state index contributed by atoms with van der Waals surface area (Å²) in [7, 11) is 5.53. The summed E-state index contributed by atoms with van der Waals surface area (Å²) in [6.45, 7) is 2.85. The Morgan fingerprint density at radius 3 is 2.50 bits per heavy atom. The van der Waals surface area contributed by atoms with E-state index in [4.69, 9.17) is 15.2 Å². The zero-order valence-corrected chi connectivity index (χ0v) is 12.9. The molecule has 1 aliphatic carbocycles. The molecule has 4 nitrogen and oxygen atoms in total. The number of nitrogens with zero attached hydrogens (tertiary/aromatic N) is 1. The first-order valence-corrected chi connectivity index (χ1v) is 7.26. The first-order chi connectivity index (χ1) is 9.62. The zero-order valence-electron chi connectivity index (χ0n) is 12.9. The third-order valence-electron chi connectivity index (χ3n) is 4.46. The van der Waals surface area contributed by atoms with Gasteiger partial charge in [0.25, 0.3) is 0 Å². The van der Waals surface area contributed by atoms with Crippen LogP contribution in [0.3, 0.4) is 0 Å². The summed E-state index contributed by atoms with van der Waals surface area (Å²) in [4.78, 5) is 2.37. The molecule has 0 saturated heterocycles. The number of hydrogen-bond acceptors (Lipinski definition) is 4.